The maximum absolute atomic E-state index is 12.8. The van der Waals surface area contributed by atoms with Gasteiger partial charge in [-0.25, -0.2) is 9.80 Å². The molecular formula is C31H52N2O4+2. The molecule has 0 unspecified atom stereocenters. The van der Waals surface area contributed by atoms with Crippen molar-refractivity contribution in [3.8, 4) is 11.5 Å². The van der Waals surface area contributed by atoms with E-state index in [9.17, 15) is 9.59 Å². The third kappa shape index (κ3) is 7.79. The Morgan fingerprint density at radius 2 is 1.30 bits per heavy atom. The summed E-state index contributed by atoms with van der Waals surface area (Å²) in [6.45, 7) is 6.64. The van der Waals surface area contributed by atoms with E-state index in [-0.39, 0.29) is 23.5 Å². The molecule has 2 fully saturated rings. The summed E-state index contributed by atoms with van der Waals surface area (Å²) in [7, 11) is 7.12. The lowest BCUT2D eigenvalue weighted by Crippen LogP contribution is -3.09. The minimum atomic E-state index is -0.323. The fourth-order valence-electron chi connectivity index (χ4n) is 6.21. The summed E-state index contributed by atoms with van der Waals surface area (Å²) < 4.78 is 12.1. The lowest BCUT2D eigenvalue weighted by molar-refractivity contribution is -0.776. The van der Waals surface area contributed by atoms with Gasteiger partial charge in [-0.1, -0.05) is 65.7 Å². The van der Waals surface area contributed by atoms with E-state index in [0.29, 0.717) is 21.3 Å². The van der Waals surface area contributed by atoms with Gasteiger partial charge < -0.3 is 9.47 Å². The van der Waals surface area contributed by atoms with Gasteiger partial charge in [-0.3, -0.25) is 0 Å². The van der Waals surface area contributed by atoms with Crippen LogP contribution in [0.25, 0.3) is 0 Å². The number of hydrogen-bond donors (Lipinski definition) is 2. The van der Waals surface area contributed by atoms with Crippen molar-refractivity contribution in [2.75, 3.05) is 28.2 Å². The molecule has 0 atom stereocenters. The zero-order chi connectivity index (χ0) is 27.2. The van der Waals surface area contributed by atoms with Gasteiger partial charge in [-0.05, 0) is 73.0 Å². The molecule has 2 saturated carbocycles. The van der Waals surface area contributed by atoms with Crippen molar-refractivity contribution in [1.29, 1.82) is 0 Å². The molecule has 0 bridgehead atoms. The Balaban J connectivity index is 2.01. The highest BCUT2D eigenvalue weighted by molar-refractivity contribution is 5.67. The number of quaternary nitrogens is 2. The van der Waals surface area contributed by atoms with Gasteiger partial charge in [0.15, 0.2) is 0 Å². The molecule has 2 aliphatic rings. The van der Waals surface area contributed by atoms with Crippen LogP contribution in [0, 0.1) is 11.8 Å². The highest BCUT2D eigenvalue weighted by atomic mass is 16.6. The molecule has 6 heteroatoms. The fourth-order valence-corrected chi connectivity index (χ4v) is 6.21. The monoisotopic (exact) mass is 516 g/mol. The van der Waals surface area contributed by atoms with Crippen molar-refractivity contribution in [2.45, 2.75) is 109 Å². The van der Waals surface area contributed by atoms with E-state index in [4.69, 9.17) is 9.47 Å². The van der Waals surface area contributed by atoms with Gasteiger partial charge >= 0.3 is 12.2 Å². The van der Waals surface area contributed by atoms with Crippen LogP contribution in [0.2, 0.25) is 0 Å². The Bertz CT molecular complexity index is 867. The molecule has 0 heterocycles. The van der Waals surface area contributed by atoms with Gasteiger partial charge in [-0.2, -0.15) is 9.59 Å². The zero-order valence-corrected chi connectivity index (χ0v) is 24.5. The topological polar surface area (TPSA) is 61.5 Å². The summed E-state index contributed by atoms with van der Waals surface area (Å²) in [4.78, 5) is 26.8. The molecule has 1 aromatic rings. The lowest BCUT2D eigenvalue weighted by Gasteiger charge is -2.37. The number of nitrogens with one attached hydrogen (secondary N) is 2. The molecule has 0 saturated heterocycles. The number of amides is 2. The average Bonchev–Trinajstić information content (AvgIpc) is 2.88. The number of hydrogen-bond acceptors (Lipinski definition) is 4. The molecule has 0 aromatic heterocycles. The van der Waals surface area contributed by atoms with Crippen LogP contribution in [0.15, 0.2) is 12.1 Å². The lowest BCUT2D eigenvalue weighted by atomic mass is 9.69. The second kappa shape index (κ2) is 13.2. The highest BCUT2D eigenvalue weighted by Crippen LogP contribution is 2.49. The summed E-state index contributed by atoms with van der Waals surface area (Å²) in [5.41, 5.74) is 1.82. The SMILES string of the molecule is CCCCC(C)(C)c1cc(OC(=O)[NH+](C)C)c(C2CCC(C3CCCCC3)CC2)c(OC(=O)[NH+](C)C)c1. The van der Waals surface area contributed by atoms with Crippen molar-refractivity contribution in [1.82, 2.24) is 0 Å². The predicted octanol–water partition coefficient (Wildman–Crippen LogP) is 5.30. The average molecular weight is 517 g/mol. The van der Waals surface area contributed by atoms with Crippen molar-refractivity contribution in [3.63, 3.8) is 0 Å². The maximum atomic E-state index is 12.8. The number of carbonyl (C=O) groups is 2. The van der Waals surface area contributed by atoms with Crippen LogP contribution in [-0.4, -0.2) is 40.4 Å². The number of benzene rings is 1. The van der Waals surface area contributed by atoms with E-state index in [1.165, 1.54) is 44.9 Å². The first-order chi connectivity index (χ1) is 17.5. The van der Waals surface area contributed by atoms with Crippen LogP contribution in [0.4, 0.5) is 9.59 Å². The number of ether oxygens (including phenoxy) is 2. The quantitative estimate of drug-likeness (QED) is 0.493. The van der Waals surface area contributed by atoms with Crippen LogP contribution in [0.5, 0.6) is 11.5 Å². The second-order valence-corrected chi connectivity index (χ2v) is 12.7. The standard InChI is InChI=1S/C31H50N2O4/c1-8-9-19-31(2,3)25-20-26(36-29(34)32(4)5)28(27(21-25)37-30(35)33(6)7)24-17-15-23(16-18-24)22-13-11-10-12-14-22/h20-24H,8-19H2,1-7H3/p+2. The summed E-state index contributed by atoms with van der Waals surface area (Å²) >= 11 is 0. The Morgan fingerprint density at radius 1 is 0.811 bits per heavy atom. The molecule has 3 rings (SSSR count). The molecule has 2 amide bonds. The second-order valence-electron chi connectivity index (χ2n) is 12.7. The van der Waals surface area contributed by atoms with Gasteiger partial charge in [0.1, 0.15) is 11.5 Å². The molecule has 6 nitrogen and oxygen atoms in total. The van der Waals surface area contributed by atoms with Gasteiger partial charge in [0.05, 0.1) is 28.2 Å². The normalized spacial score (nSPS) is 21.3. The van der Waals surface area contributed by atoms with Crippen LogP contribution < -0.4 is 19.3 Å². The maximum Gasteiger partial charge on any atom is 0.519 e. The van der Waals surface area contributed by atoms with E-state index in [1.807, 2.05) is 0 Å². The van der Waals surface area contributed by atoms with Gasteiger partial charge in [-0.15, -0.1) is 0 Å². The first-order valence-electron chi connectivity index (χ1n) is 14.8. The molecule has 0 aliphatic heterocycles. The van der Waals surface area contributed by atoms with Crippen LogP contribution in [0.3, 0.4) is 0 Å². The molecule has 1 aromatic carbocycles. The van der Waals surface area contributed by atoms with Gasteiger partial charge in [0, 0.05) is 5.56 Å². The Labute approximate surface area is 225 Å². The third-order valence-electron chi connectivity index (χ3n) is 8.76. The molecular weight excluding hydrogens is 464 g/mol. The predicted molar refractivity (Wildman–Crippen MR) is 148 cm³/mol. The van der Waals surface area contributed by atoms with Crippen LogP contribution in [0.1, 0.15) is 115 Å². The van der Waals surface area contributed by atoms with E-state index < -0.39 is 0 Å². The number of carbonyl (C=O) groups excluding carboxylic acids is 2. The van der Waals surface area contributed by atoms with Crippen molar-refractivity contribution in [2.24, 2.45) is 11.8 Å². The highest BCUT2D eigenvalue weighted by Gasteiger charge is 2.35. The molecule has 0 radical (unpaired) electrons. The Hall–Kier alpha value is -1.92. The molecule has 2 aliphatic carbocycles. The first-order valence-corrected chi connectivity index (χ1v) is 14.8. The number of unbranched alkanes of at least 4 members (excludes halogenated alkanes) is 1. The van der Waals surface area contributed by atoms with Crippen LogP contribution in [-0.2, 0) is 5.41 Å². The minimum absolute atomic E-state index is 0.133. The summed E-state index contributed by atoms with van der Waals surface area (Å²) in [5, 5.41) is 0. The summed E-state index contributed by atoms with van der Waals surface area (Å²) in [6.07, 6.45) is 13.9. The molecule has 2 N–H and O–H groups in total. The van der Waals surface area contributed by atoms with Gasteiger partial charge in [0.2, 0.25) is 0 Å². The van der Waals surface area contributed by atoms with E-state index in [0.717, 1.165) is 55.1 Å². The Kier molecular flexibility index (Phi) is 10.6. The Morgan fingerprint density at radius 3 is 1.76 bits per heavy atom. The molecule has 0 spiro atoms. The van der Waals surface area contributed by atoms with Crippen LogP contribution >= 0.6 is 0 Å². The van der Waals surface area contributed by atoms with E-state index >= 15 is 0 Å². The van der Waals surface area contributed by atoms with Crippen molar-refractivity contribution >= 4 is 12.2 Å². The van der Waals surface area contributed by atoms with Gasteiger partial charge in [0.25, 0.3) is 0 Å². The number of rotatable bonds is 8. The smallest absolute Gasteiger partial charge is 0.380 e. The summed E-state index contributed by atoms with van der Waals surface area (Å²) in [6, 6.07) is 4.11. The van der Waals surface area contributed by atoms with E-state index in [1.54, 1.807) is 28.2 Å². The summed E-state index contributed by atoms with van der Waals surface area (Å²) in [5.74, 6) is 3.02. The largest absolute Gasteiger partial charge is 0.519 e. The fraction of sp³-hybridized carbons (Fsp3) is 0.742. The van der Waals surface area contributed by atoms with Crippen molar-refractivity contribution < 1.29 is 28.9 Å². The zero-order valence-electron chi connectivity index (χ0n) is 24.5. The first kappa shape index (κ1) is 29.6. The minimum Gasteiger partial charge on any atom is -0.380 e. The van der Waals surface area contributed by atoms with Crippen molar-refractivity contribution in [3.05, 3.63) is 23.3 Å². The van der Waals surface area contributed by atoms with E-state index in [2.05, 4.69) is 32.9 Å². The third-order valence-corrected chi connectivity index (χ3v) is 8.76. The molecule has 208 valence electrons. The molecule has 37 heavy (non-hydrogen) atoms.